The van der Waals surface area contributed by atoms with Gasteiger partial charge >= 0.3 is 0 Å². The number of thioether (sulfide) groups is 1. The van der Waals surface area contributed by atoms with Crippen molar-refractivity contribution in [3.63, 3.8) is 0 Å². The molecule has 0 unspecified atom stereocenters. The lowest BCUT2D eigenvalue weighted by Crippen LogP contribution is -2.39. The Hall–Kier alpha value is -2.38. The van der Waals surface area contributed by atoms with Crippen molar-refractivity contribution >= 4 is 11.8 Å². The number of benzene rings is 1. The monoisotopic (exact) mass is 410 g/mol. The number of nitrogens with zero attached hydrogens (tertiary/aromatic N) is 3. The van der Waals surface area contributed by atoms with Crippen molar-refractivity contribution in [1.82, 2.24) is 19.9 Å². The van der Waals surface area contributed by atoms with E-state index in [0.29, 0.717) is 29.4 Å². The lowest BCUT2D eigenvalue weighted by Gasteiger charge is -2.30. The average Bonchev–Trinajstić information content (AvgIpc) is 3.07. The maximum atomic E-state index is 12.6. The van der Waals surface area contributed by atoms with Crippen molar-refractivity contribution in [3.8, 4) is 11.5 Å². The molecule has 0 saturated carbocycles. The van der Waals surface area contributed by atoms with E-state index in [9.17, 15) is 4.79 Å². The molecule has 0 amide bonds. The standard InChI is InChI=1S/C22H26N4O2S/c1-13(2)26-10-9-18-17(11-26)20(27)25-22(24-18)29-12-19-15(4)28-21(23-19)16-7-5-14(3)6-8-16/h5-8,13H,9-12H2,1-4H3,(H,24,25,27). The van der Waals surface area contributed by atoms with Crippen LogP contribution in [0.4, 0.5) is 0 Å². The first-order valence-corrected chi connectivity index (χ1v) is 10.9. The Labute approximate surface area is 174 Å². The minimum Gasteiger partial charge on any atom is -0.441 e. The molecule has 0 atom stereocenters. The number of aromatic nitrogens is 3. The highest BCUT2D eigenvalue weighted by atomic mass is 32.2. The minimum absolute atomic E-state index is 0.0277. The van der Waals surface area contributed by atoms with Crippen molar-refractivity contribution in [1.29, 1.82) is 0 Å². The summed E-state index contributed by atoms with van der Waals surface area (Å²) in [7, 11) is 0. The number of aromatic amines is 1. The van der Waals surface area contributed by atoms with E-state index in [0.717, 1.165) is 41.2 Å². The average molecular weight is 411 g/mol. The van der Waals surface area contributed by atoms with E-state index in [1.807, 2.05) is 31.2 Å². The Bertz CT molecular complexity index is 1070. The van der Waals surface area contributed by atoms with Crippen LogP contribution in [0, 0.1) is 13.8 Å². The molecule has 4 rings (SSSR count). The molecule has 0 radical (unpaired) electrons. The summed E-state index contributed by atoms with van der Waals surface area (Å²) >= 11 is 1.49. The molecule has 7 heteroatoms. The van der Waals surface area contributed by atoms with Crippen molar-refractivity contribution in [3.05, 3.63) is 62.9 Å². The highest BCUT2D eigenvalue weighted by Gasteiger charge is 2.23. The van der Waals surface area contributed by atoms with Gasteiger partial charge in [0, 0.05) is 36.9 Å². The Balaban J connectivity index is 1.49. The highest BCUT2D eigenvalue weighted by molar-refractivity contribution is 7.98. The van der Waals surface area contributed by atoms with Gasteiger partial charge in [-0.3, -0.25) is 9.69 Å². The first-order chi connectivity index (χ1) is 13.9. The third kappa shape index (κ3) is 4.31. The Morgan fingerprint density at radius 2 is 1.97 bits per heavy atom. The fourth-order valence-corrected chi connectivity index (χ4v) is 4.33. The lowest BCUT2D eigenvalue weighted by molar-refractivity contribution is 0.200. The Morgan fingerprint density at radius 3 is 2.69 bits per heavy atom. The lowest BCUT2D eigenvalue weighted by atomic mass is 10.1. The highest BCUT2D eigenvalue weighted by Crippen LogP contribution is 2.27. The normalized spacial score (nSPS) is 14.4. The molecule has 6 nitrogen and oxygen atoms in total. The molecule has 152 valence electrons. The predicted octanol–water partition coefficient (Wildman–Crippen LogP) is 4.10. The van der Waals surface area contributed by atoms with Crippen LogP contribution in [0.5, 0.6) is 0 Å². The molecule has 29 heavy (non-hydrogen) atoms. The SMILES string of the molecule is Cc1ccc(-c2nc(CSc3nc4c(c(=O)[nH]3)CN(C(C)C)CC4)c(C)o2)cc1. The fourth-order valence-electron chi connectivity index (χ4n) is 3.45. The molecule has 1 aromatic carbocycles. The summed E-state index contributed by atoms with van der Waals surface area (Å²) < 4.78 is 5.86. The van der Waals surface area contributed by atoms with Crippen molar-refractivity contribution in [2.45, 2.75) is 57.6 Å². The second kappa shape index (κ2) is 8.16. The summed E-state index contributed by atoms with van der Waals surface area (Å²) in [6, 6.07) is 8.55. The third-order valence-corrected chi connectivity index (χ3v) is 6.23. The number of H-pyrrole nitrogens is 1. The second-order valence-electron chi connectivity index (χ2n) is 7.79. The van der Waals surface area contributed by atoms with Crippen LogP contribution in [-0.4, -0.2) is 32.4 Å². The zero-order chi connectivity index (χ0) is 20.5. The van der Waals surface area contributed by atoms with Gasteiger partial charge < -0.3 is 9.40 Å². The summed E-state index contributed by atoms with van der Waals surface area (Å²) in [4.78, 5) is 27.2. The van der Waals surface area contributed by atoms with Gasteiger partial charge in [0.05, 0.1) is 17.0 Å². The molecule has 0 spiro atoms. The molecular weight excluding hydrogens is 384 g/mol. The minimum atomic E-state index is -0.0277. The Kier molecular flexibility index (Phi) is 5.61. The topological polar surface area (TPSA) is 75.0 Å². The van der Waals surface area contributed by atoms with Crippen LogP contribution in [0.15, 0.2) is 38.6 Å². The van der Waals surface area contributed by atoms with Crippen LogP contribution in [0.1, 0.15) is 42.1 Å². The van der Waals surface area contributed by atoms with E-state index in [4.69, 9.17) is 9.40 Å². The summed E-state index contributed by atoms with van der Waals surface area (Å²) in [5.41, 5.74) is 4.73. The van der Waals surface area contributed by atoms with E-state index < -0.39 is 0 Å². The van der Waals surface area contributed by atoms with Crippen LogP contribution in [0.25, 0.3) is 11.5 Å². The summed E-state index contributed by atoms with van der Waals surface area (Å²) in [5.74, 6) is 2.01. The molecule has 3 heterocycles. The van der Waals surface area contributed by atoms with Gasteiger partial charge in [0.2, 0.25) is 5.89 Å². The number of oxazole rings is 1. The molecule has 0 saturated heterocycles. The van der Waals surface area contributed by atoms with Crippen molar-refractivity contribution < 1.29 is 4.42 Å². The summed E-state index contributed by atoms with van der Waals surface area (Å²) in [6.45, 7) is 9.89. The molecule has 1 N–H and O–H groups in total. The molecule has 1 aliphatic rings. The van der Waals surface area contributed by atoms with Crippen LogP contribution in [-0.2, 0) is 18.7 Å². The van der Waals surface area contributed by atoms with Crippen LogP contribution in [0.3, 0.4) is 0 Å². The zero-order valence-electron chi connectivity index (χ0n) is 17.3. The maximum absolute atomic E-state index is 12.6. The summed E-state index contributed by atoms with van der Waals surface area (Å²) in [5, 5.41) is 0.644. The quantitative estimate of drug-likeness (QED) is 0.504. The number of nitrogens with one attached hydrogen (secondary N) is 1. The number of rotatable bonds is 5. The number of hydrogen-bond acceptors (Lipinski definition) is 6. The van der Waals surface area contributed by atoms with E-state index >= 15 is 0 Å². The van der Waals surface area contributed by atoms with Gasteiger partial charge in [-0.25, -0.2) is 9.97 Å². The molecule has 2 aromatic heterocycles. The van der Waals surface area contributed by atoms with E-state index in [2.05, 4.69) is 35.6 Å². The van der Waals surface area contributed by atoms with Gasteiger partial charge in [-0.15, -0.1) is 0 Å². The number of fused-ring (bicyclic) bond motifs is 1. The van der Waals surface area contributed by atoms with E-state index in [-0.39, 0.29) is 5.56 Å². The molecule has 3 aromatic rings. The third-order valence-electron chi connectivity index (χ3n) is 5.34. The molecule has 1 aliphatic heterocycles. The number of hydrogen-bond donors (Lipinski definition) is 1. The van der Waals surface area contributed by atoms with Gasteiger partial charge in [0.25, 0.3) is 5.56 Å². The first kappa shape index (κ1) is 19.9. The first-order valence-electron chi connectivity index (χ1n) is 9.93. The van der Waals surface area contributed by atoms with Crippen LogP contribution >= 0.6 is 11.8 Å². The van der Waals surface area contributed by atoms with Crippen molar-refractivity contribution in [2.24, 2.45) is 0 Å². The van der Waals surface area contributed by atoms with Crippen LogP contribution < -0.4 is 5.56 Å². The van der Waals surface area contributed by atoms with E-state index in [1.165, 1.54) is 17.3 Å². The smallest absolute Gasteiger partial charge is 0.256 e. The maximum Gasteiger partial charge on any atom is 0.256 e. The molecule has 0 aliphatic carbocycles. The van der Waals surface area contributed by atoms with E-state index in [1.54, 1.807) is 0 Å². The van der Waals surface area contributed by atoms with Gasteiger partial charge in [-0.2, -0.15) is 0 Å². The van der Waals surface area contributed by atoms with Gasteiger partial charge in [-0.1, -0.05) is 29.5 Å². The van der Waals surface area contributed by atoms with Gasteiger partial charge in [0.1, 0.15) is 5.76 Å². The van der Waals surface area contributed by atoms with Gasteiger partial charge in [-0.05, 0) is 39.8 Å². The van der Waals surface area contributed by atoms with Crippen LogP contribution in [0.2, 0.25) is 0 Å². The second-order valence-corrected chi connectivity index (χ2v) is 8.75. The summed E-state index contributed by atoms with van der Waals surface area (Å²) in [6.07, 6.45) is 0.811. The molecular formula is C22H26N4O2S. The largest absolute Gasteiger partial charge is 0.441 e. The zero-order valence-corrected chi connectivity index (χ0v) is 18.1. The fraction of sp³-hybridized carbons (Fsp3) is 0.409. The van der Waals surface area contributed by atoms with Crippen molar-refractivity contribution in [2.75, 3.05) is 6.54 Å². The molecule has 0 fully saturated rings. The van der Waals surface area contributed by atoms with Gasteiger partial charge in [0.15, 0.2) is 5.16 Å². The predicted molar refractivity (Wildman–Crippen MR) is 115 cm³/mol. The molecule has 0 bridgehead atoms. The number of aryl methyl sites for hydroxylation is 2. The Morgan fingerprint density at radius 1 is 1.21 bits per heavy atom.